The quantitative estimate of drug-likeness (QED) is 0.786. The number of hydrogen-bond donors (Lipinski definition) is 1. The molecule has 26 heavy (non-hydrogen) atoms. The molecule has 1 aliphatic heterocycles. The second-order valence-electron chi connectivity index (χ2n) is 6.44. The Balaban J connectivity index is 1.43. The summed E-state index contributed by atoms with van der Waals surface area (Å²) in [6.07, 6.45) is 2.60. The minimum absolute atomic E-state index is 0.0795. The van der Waals surface area contributed by atoms with Crippen molar-refractivity contribution >= 4 is 16.8 Å². The topological polar surface area (TPSA) is 60.5 Å². The first-order valence-corrected chi connectivity index (χ1v) is 8.66. The van der Waals surface area contributed by atoms with Gasteiger partial charge in [0.15, 0.2) is 0 Å². The van der Waals surface area contributed by atoms with Crippen LogP contribution in [0.15, 0.2) is 54.7 Å². The third kappa shape index (κ3) is 3.20. The van der Waals surface area contributed by atoms with Crippen molar-refractivity contribution in [3.8, 4) is 11.5 Å². The minimum atomic E-state index is -0.0795. The normalized spacial score (nSPS) is 15.8. The predicted molar refractivity (Wildman–Crippen MR) is 99.8 cm³/mol. The number of benzene rings is 2. The van der Waals surface area contributed by atoms with Gasteiger partial charge in [0.05, 0.1) is 19.2 Å². The van der Waals surface area contributed by atoms with Crippen LogP contribution in [-0.2, 0) is 6.42 Å². The molecule has 0 aliphatic carbocycles. The number of nitrogens with zero attached hydrogens (tertiary/aromatic N) is 1. The van der Waals surface area contributed by atoms with Crippen molar-refractivity contribution < 1.29 is 14.3 Å². The zero-order valence-corrected chi connectivity index (χ0v) is 14.6. The fourth-order valence-electron chi connectivity index (χ4n) is 3.31. The van der Waals surface area contributed by atoms with Crippen LogP contribution in [0.3, 0.4) is 0 Å². The molecule has 1 amide bonds. The molecule has 1 aromatic heterocycles. The van der Waals surface area contributed by atoms with E-state index in [4.69, 9.17) is 9.47 Å². The van der Waals surface area contributed by atoms with Gasteiger partial charge in [-0.3, -0.25) is 9.78 Å². The summed E-state index contributed by atoms with van der Waals surface area (Å²) in [6, 6.07) is 15.2. The molecule has 0 saturated heterocycles. The Morgan fingerprint density at radius 2 is 2.19 bits per heavy atom. The van der Waals surface area contributed by atoms with E-state index in [1.165, 1.54) is 0 Å². The van der Waals surface area contributed by atoms with E-state index in [0.29, 0.717) is 18.7 Å². The Kier molecular flexibility index (Phi) is 4.44. The van der Waals surface area contributed by atoms with Gasteiger partial charge in [0.2, 0.25) is 0 Å². The number of methoxy groups -OCH3 is 1. The predicted octanol–water partition coefficient (Wildman–Crippen LogP) is 3.22. The number of pyridine rings is 1. The lowest BCUT2D eigenvalue weighted by atomic mass is 9.96. The molecule has 1 unspecified atom stereocenters. The summed E-state index contributed by atoms with van der Waals surface area (Å²) in [7, 11) is 1.64. The van der Waals surface area contributed by atoms with Crippen LogP contribution < -0.4 is 14.8 Å². The standard InChI is InChI=1S/C21H20N2O3/c1-25-16-8-7-15-10-14(13-26-20(15)11-16)12-23-21(24)18-4-2-6-19-17(18)5-3-9-22-19/h2-9,11,14H,10,12-13H2,1H3,(H,23,24). The zero-order chi connectivity index (χ0) is 17.9. The van der Waals surface area contributed by atoms with Gasteiger partial charge in [0.25, 0.3) is 5.91 Å². The van der Waals surface area contributed by atoms with Crippen molar-refractivity contribution in [1.82, 2.24) is 10.3 Å². The van der Waals surface area contributed by atoms with Gasteiger partial charge in [-0.2, -0.15) is 0 Å². The van der Waals surface area contributed by atoms with E-state index in [0.717, 1.165) is 34.4 Å². The van der Waals surface area contributed by atoms with Crippen molar-refractivity contribution in [1.29, 1.82) is 0 Å². The molecule has 0 spiro atoms. The molecule has 0 fully saturated rings. The highest BCUT2D eigenvalue weighted by molar-refractivity contribution is 6.06. The first-order valence-electron chi connectivity index (χ1n) is 8.66. The van der Waals surface area contributed by atoms with Crippen LogP contribution in [0.2, 0.25) is 0 Å². The summed E-state index contributed by atoms with van der Waals surface area (Å²) >= 11 is 0. The molecule has 2 heterocycles. The Bertz CT molecular complexity index is 950. The molecule has 0 bridgehead atoms. The summed E-state index contributed by atoms with van der Waals surface area (Å²) in [4.78, 5) is 16.9. The van der Waals surface area contributed by atoms with E-state index < -0.39 is 0 Å². The molecular formula is C21H20N2O3. The molecule has 1 aliphatic rings. The highest BCUT2D eigenvalue weighted by atomic mass is 16.5. The van der Waals surface area contributed by atoms with Gasteiger partial charge in [-0.25, -0.2) is 0 Å². The van der Waals surface area contributed by atoms with Crippen molar-refractivity contribution in [2.24, 2.45) is 5.92 Å². The Morgan fingerprint density at radius 3 is 3.08 bits per heavy atom. The number of aromatic nitrogens is 1. The highest BCUT2D eigenvalue weighted by Crippen LogP contribution is 2.30. The minimum Gasteiger partial charge on any atom is -0.497 e. The molecule has 2 aromatic carbocycles. The zero-order valence-electron chi connectivity index (χ0n) is 14.6. The van der Waals surface area contributed by atoms with Crippen LogP contribution in [0.4, 0.5) is 0 Å². The maximum atomic E-state index is 12.6. The molecular weight excluding hydrogens is 328 g/mol. The SMILES string of the molecule is COc1ccc2c(c1)OCC(CNC(=O)c1cccc3ncccc13)C2. The number of carbonyl (C=O) groups excluding carboxylic acids is 1. The lowest BCUT2D eigenvalue weighted by molar-refractivity contribution is 0.0940. The third-order valence-electron chi connectivity index (χ3n) is 4.70. The van der Waals surface area contributed by atoms with Crippen molar-refractivity contribution in [2.45, 2.75) is 6.42 Å². The van der Waals surface area contributed by atoms with Crippen LogP contribution in [0.5, 0.6) is 11.5 Å². The van der Waals surface area contributed by atoms with Crippen LogP contribution in [-0.4, -0.2) is 31.2 Å². The molecule has 132 valence electrons. The van der Waals surface area contributed by atoms with Gasteiger partial charge < -0.3 is 14.8 Å². The Hall–Kier alpha value is -3.08. The fraction of sp³-hybridized carbons (Fsp3) is 0.238. The van der Waals surface area contributed by atoms with E-state index >= 15 is 0 Å². The van der Waals surface area contributed by atoms with Gasteiger partial charge in [-0.15, -0.1) is 0 Å². The third-order valence-corrected chi connectivity index (χ3v) is 4.70. The number of ether oxygens (including phenoxy) is 2. The molecule has 5 heteroatoms. The van der Waals surface area contributed by atoms with Crippen LogP contribution in [0.25, 0.3) is 10.9 Å². The first kappa shape index (κ1) is 16.4. The maximum Gasteiger partial charge on any atom is 0.251 e. The van der Waals surface area contributed by atoms with Crippen molar-refractivity contribution in [3.05, 3.63) is 65.9 Å². The van der Waals surface area contributed by atoms with Gasteiger partial charge in [-0.05, 0) is 36.2 Å². The fourth-order valence-corrected chi connectivity index (χ4v) is 3.31. The lowest BCUT2D eigenvalue weighted by Crippen LogP contribution is -2.34. The monoisotopic (exact) mass is 348 g/mol. The Labute approximate surface area is 152 Å². The summed E-state index contributed by atoms with van der Waals surface area (Å²) in [5.74, 6) is 1.82. The van der Waals surface area contributed by atoms with Gasteiger partial charge in [0.1, 0.15) is 11.5 Å². The van der Waals surface area contributed by atoms with E-state index in [-0.39, 0.29) is 11.8 Å². The van der Waals surface area contributed by atoms with Crippen LogP contribution >= 0.6 is 0 Å². The largest absolute Gasteiger partial charge is 0.497 e. The molecule has 4 rings (SSSR count). The smallest absolute Gasteiger partial charge is 0.251 e. The number of hydrogen-bond acceptors (Lipinski definition) is 4. The summed E-state index contributed by atoms with van der Waals surface area (Å²) in [5, 5.41) is 3.91. The van der Waals surface area contributed by atoms with E-state index in [1.54, 1.807) is 13.3 Å². The highest BCUT2D eigenvalue weighted by Gasteiger charge is 2.21. The summed E-state index contributed by atoms with van der Waals surface area (Å²) in [6.45, 7) is 1.15. The molecule has 0 radical (unpaired) electrons. The average molecular weight is 348 g/mol. The maximum absolute atomic E-state index is 12.6. The van der Waals surface area contributed by atoms with E-state index in [1.807, 2.05) is 48.5 Å². The molecule has 0 saturated carbocycles. The first-order chi connectivity index (χ1) is 12.7. The average Bonchev–Trinajstić information content (AvgIpc) is 2.71. The number of carbonyl (C=O) groups is 1. The van der Waals surface area contributed by atoms with E-state index in [9.17, 15) is 4.79 Å². The van der Waals surface area contributed by atoms with Gasteiger partial charge in [0, 0.05) is 35.7 Å². The number of amides is 1. The van der Waals surface area contributed by atoms with Gasteiger partial charge >= 0.3 is 0 Å². The van der Waals surface area contributed by atoms with Crippen molar-refractivity contribution in [3.63, 3.8) is 0 Å². The second kappa shape index (κ2) is 7.04. The molecule has 3 aromatic rings. The molecule has 1 N–H and O–H groups in total. The number of nitrogens with one attached hydrogen (secondary N) is 1. The van der Waals surface area contributed by atoms with E-state index in [2.05, 4.69) is 10.3 Å². The second-order valence-corrected chi connectivity index (χ2v) is 6.44. The summed E-state index contributed by atoms with van der Waals surface area (Å²) < 4.78 is 11.1. The van der Waals surface area contributed by atoms with Crippen LogP contribution in [0.1, 0.15) is 15.9 Å². The van der Waals surface area contributed by atoms with Crippen LogP contribution in [0, 0.1) is 5.92 Å². The summed E-state index contributed by atoms with van der Waals surface area (Å²) in [5.41, 5.74) is 2.62. The molecule has 1 atom stereocenters. The lowest BCUT2D eigenvalue weighted by Gasteiger charge is -2.26. The van der Waals surface area contributed by atoms with Crippen molar-refractivity contribution in [2.75, 3.05) is 20.3 Å². The Morgan fingerprint density at radius 1 is 1.27 bits per heavy atom. The van der Waals surface area contributed by atoms with Gasteiger partial charge in [-0.1, -0.05) is 18.2 Å². The number of fused-ring (bicyclic) bond motifs is 2. The number of rotatable bonds is 4. The molecule has 5 nitrogen and oxygen atoms in total.